The quantitative estimate of drug-likeness (QED) is 0.543. The van der Waals surface area contributed by atoms with Gasteiger partial charge < -0.3 is 20.7 Å². The number of carboxylic acid groups (broad SMARTS) is 1. The number of hydrogen-bond donors (Lipinski definition) is 3. The van der Waals surface area contributed by atoms with Crippen molar-refractivity contribution in [3.63, 3.8) is 0 Å². The van der Waals surface area contributed by atoms with Crippen LogP contribution >= 0.6 is 0 Å². The zero-order valence-electron chi connectivity index (χ0n) is 19.0. The van der Waals surface area contributed by atoms with Gasteiger partial charge in [0.25, 0.3) is 0 Å². The number of piperidine rings is 1. The highest BCUT2D eigenvalue weighted by Gasteiger charge is 2.34. The van der Waals surface area contributed by atoms with Gasteiger partial charge in [-0.25, -0.2) is 4.79 Å². The van der Waals surface area contributed by atoms with Crippen LogP contribution in [0.4, 0.5) is 4.79 Å². The first-order chi connectivity index (χ1) is 16.2. The van der Waals surface area contributed by atoms with Crippen molar-refractivity contribution in [1.29, 1.82) is 0 Å². The van der Waals surface area contributed by atoms with Gasteiger partial charge in [-0.1, -0.05) is 36.4 Å². The van der Waals surface area contributed by atoms with Crippen LogP contribution in [0.1, 0.15) is 48.1 Å². The second-order valence-electron chi connectivity index (χ2n) is 8.93. The standard InChI is InChI=1S/C25H29N3O5S/c1-15-20-10-9-18(13-19(20)14-34(15)33)17-7-5-16(6-8-17)12-21(23(26)29)27-24(30)22-4-2-3-11-28(22)25(31)32/h5-10,13,15,21-22H,2-4,11-12,14H2,1H3,(H2,26,29)(H,27,30)(H,31,32)/t15?,21-,22?,34?/m0/s1. The summed E-state index contributed by atoms with van der Waals surface area (Å²) >= 11 is -0.870. The molecule has 3 unspecified atom stereocenters. The van der Waals surface area contributed by atoms with Gasteiger partial charge >= 0.3 is 6.09 Å². The number of benzene rings is 2. The molecule has 2 aromatic rings. The predicted molar refractivity (Wildman–Crippen MR) is 129 cm³/mol. The third-order valence-corrected chi connectivity index (χ3v) is 8.35. The number of nitrogens with zero attached hydrogens (tertiary/aromatic N) is 1. The molecule has 34 heavy (non-hydrogen) atoms. The number of nitrogens with two attached hydrogens (primary N) is 1. The first-order valence-corrected chi connectivity index (χ1v) is 12.8. The molecule has 1 fully saturated rings. The number of nitrogens with one attached hydrogen (secondary N) is 1. The summed E-state index contributed by atoms with van der Waals surface area (Å²) in [6.07, 6.45) is 0.955. The summed E-state index contributed by atoms with van der Waals surface area (Å²) in [5, 5.41) is 12.1. The Morgan fingerprint density at radius 3 is 2.56 bits per heavy atom. The lowest BCUT2D eigenvalue weighted by Crippen LogP contribution is -2.56. The minimum atomic E-state index is -1.14. The molecule has 0 radical (unpaired) electrons. The van der Waals surface area contributed by atoms with E-state index in [0.29, 0.717) is 25.1 Å². The van der Waals surface area contributed by atoms with E-state index < -0.39 is 41.2 Å². The van der Waals surface area contributed by atoms with Gasteiger partial charge in [-0.2, -0.15) is 0 Å². The van der Waals surface area contributed by atoms with Crippen molar-refractivity contribution in [2.75, 3.05) is 6.54 Å². The highest BCUT2D eigenvalue weighted by molar-refractivity contribution is 7.91. The molecule has 2 heterocycles. The lowest BCUT2D eigenvalue weighted by atomic mass is 9.96. The number of likely N-dealkylation sites (tertiary alicyclic amines) is 1. The number of hydrogen-bond acceptors (Lipinski definition) is 4. The van der Waals surface area contributed by atoms with Crippen LogP contribution in [0.5, 0.6) is 0 Å². The van der Waals surface area contributed by atoms with E-state index in [1.54, 1.807) is 0 Å². The van der Waals surface area contributed by atoms with E-state index in [-0.39, 0.29) is 11.7 Å². The fraction of sp³-hybridized carbons (Fsp3) is 0.400. The zero-order chi connectivity index (χ0) is 24.4. The van der Waals surface area contributed by atoms with Crippen LogP contribution in [0.3, 0.4) is 0 Å². The number of primary amides is 1. The second kappa shape index (κ2) is 10.1. The fourth-order valence-corrected chi connectivity index (χ4v) is 6.04. The van der Waals surface area contributed by atoms with Crippen LogP contribution in [0.2, 0.25) is 0 Å². The molecule has 4 atom stereocenters. The largest absolute Gasteiger partial charge is 0.616 e. The third kappa shape index (κ3) is 5.05. The van der Waals surface area contributed by atoms with Crippen molar-refractivity contribution in [3.05, 3.63) is 59.2 Å². The van der Waals surface area contributed by atoms with Gasteiger partial charge in [0.2, 0.25) is 11.8 Å². The van der Waals surface area contributed by atoms with E-state index in [1.165, 1.54) is 0 Å². The molecule has 0 saturated carbocycles. The van der Waals surface area contributed by atoms with Gasteiger partial charge in [-0.05, 0) is 60.1 Å². The van der Waals surface area contributed by atoms with Crippen LogP contribution in [0.25, 0.3) is 11.1 Å². The van der Waals surface area contributed by atoms with Crippen molar-refractivity contribution in [2.45, 2.75) is 55.7 Å². The van der Waals surface area contributed by atoms with Gasteiger partial charge in [0.1, 0.15) is 23.1 Å². The number of carbonyl (C=O) groups is 3. The Labute approximate surface area is 201 Å². The molecule has 4 N–H and O–H groups in total. The Hall–Kier alpha value is -3.04. The molecule has 2 aliphatic rings. The van der Waals surface area contributed by atoms with Crippen LogP contribution in [-0.2, 0) is 32.9 Å². The fourth-order valence-electron chi connectivity index (χ4n) is 4.72. The summed E-state index contributed by atoms with van der Waals surface area (Å²) in [4.78, 5) is 37.4. The summed E-state index contributed by atoms with van der Waals surface area (Å²) in [6, 6.07) is 12.1. The summed E-state index contributed by atoms with van der Waals surface area (Å²) in [5.74, 6) is -0.592. The van der Waals surface area contributed by atoms with Gasteiger partial charge in [0, 0.05) is 24.1 Å². The van der Waals surface area contributed by atoms with Crippen LogP contribution in [-0.4, -0.2) is 51.1 Å². The molecule has 3 amide bonds. The van der Waals surface area contributed by atoms with Gasteiger partial charge in [-0.3, -0.25) is 14.5 Å². The predicted octanol–water partition coefficient (Wildman–Crippen LogP) is 2.72. The van der Waals surface area contributed by atoms with Crippen LogP contribution in [0.15, 0.2) is 42.5 Å². The molecular formula is C25H29N3O5S. The molecule has 180 valence electrons. The summed E-state index contributed by atoms with van der Waals surface area (Å²) in [5.41, 5.74) is 10.6. The van der Waals surface area contributed by atoms with E-state index in [0.717, 1.165) is 39.1 Å². The molecule has 8 nitrogen and oxygen atoms in total. The SMILES string of the molecule is CC1c2ccc(-c3ccc(C[C@H](NC(=O)C4CCCCN4C(=O)O)C(N)=O)cc3)cc2C[S+]1[O-]. The van der Waals surface area contributed by atoms with E-state index in [9.17, 15) is 24.0 Å². The second-order valence-corrected chi connectivity index (χ2v) is 10.7. The van der Waals surface area contributed by atoms with Gasteiger partial charge in [-0.15, -0.1) is 0 Å². The molecule has 1 saturated heterocycles. The molecule has 9 heteroatoms. The highest BCUT2D eigenvalue weighted by atomic mass is 32.2. The molecule has 0 bridgehead atoms. The minimum Gasteiger partial charge on any atom is -0.616 e. The number of carbonyl (C=O) groups excluding carboxylic acids is 2. The lowest BCUT2D eigenvalue weighted by Gasteiger charge is -2.33. The molecule has 0 spiro atoms. The number of amides is 3. The maximum Gasteiger partial charge on any atom is 0.407 e. The van der Waals surface area contributed by atoms with E-state index in [1.807, 2.05) is 43.3 Å². The van der Waals surface area contributed by atoms with Gasteiger partial charge in [0.05, 0.1) is 0 Å². The Balaban J connectivity index is 1.44. The van der Waals surface area contributed by atoms with E-state index in [4.69, 9.17) is 5.73 Å². The van der Waals surface area contributed by atoms with E-state index in [2.05, 4.69) is 11.4 Å². The maximum atomic E-state index is 12.8. The summed E-state index contributed by atoms with van der Waals surface area (Å²) in [6.45, 7) is 2.28. The molecular weight excluding hydrogens is 454 g/mol. The summed E-state index contributed by atoms with van der Waals surface area (Å²) < 4.78 is 12.1. The Kier molecular flexibility index (Phi) is 7.13. The average Bonchev–Trinajstić information content (AvgIpc) is 3.11. The van der Waals surface area contributed by atoms with Crippen molar-refractivity contribution < 1.29 is 24.0 Å². The topological polar surface area (TPSA) is 136 Å². The van der Waals surface area contributed by atoms with Gasteiger partial charge in [0.15, 0.2) is 0 Å². The Morgan fingerprint density at radius 2 is 1.88 bits per heavy atom. The Bertz CT molecular complexity index is 1090. The molecule has 0 aliphatic carbocycles. The number of fused-ring (bicyclic) bond motifs is 1. The monoisotopic (exact) mass is 483 g/mol. The number of rotatable bonds is 6. The average molecular weight is 484 g/mol. The summed E-state index contributed by atoms with van der Waals surface area (Å²) in [7, 11) is 0. The van der Waals surface area contributed by atoms with Crippen molar-refractivity contribution in [1.82, 2.24) is 10.2 Å². The van der Waals surface area contributed by atoms with Crippen molar-refractivity contribution in [2.24, 2.45) is 5.73 Å². The molecule has 0 aromatic heterocycles. The van der Waals surface area contributed by atoms with Crippen molar-refractivity contribution >= 4 is 29.1 Å². The minimum absolute atomic E-state index is 0.0588. The molecule has 2 aromatic carbocycles. The molecule has 4 rings (SSSR count). The third-order valence-electron chi connectivity index (χ3n) is 6.71. The first kappa shape index (κ1) is 24.1. The molecule has 2 aliphatic heterocycles. The van der Waals surface area contributed by atoms with E-state index >= 15 is 0 Å². The lowest BCUT2D eigenvalue weighted by molar-refractivity contribution is -0.131. The Morgan fingerprint density at radius 1 is 1.18 bits per heavy atom. The zero-order valence-corrected chi connectivity index (χ0v) is 19.8. The maximum absolute atomic E-state index is 12.8. The van der Waals surface area contributed by atoms with Crippen LogP contribution < -0.4 is 11.1 Å². The van der Waals surface area contributed by atoms with Crippen molar-refractivity contribution in [3.8, 4) is 11.1 Å². The smallest absolute Gasteiger partial charge is 0.407 e. The highest BCUT2D eigenvalue weighted by Crippen LogP contribution is 2.38. The van der Waals surface area contributed by atoms with Crippen LogP contribution in [0, 0.1) is 0 Å². The normalized spacial score (nSPS) is 22.6. The first-order valence-electron chi connectivity index (χ1n) is 11.4.